The highest BCUT2D eigenvalue weighted by Crippen LogP contribution is 2.50. The Hall–Kier alpha value is -5.44. The molecular formula is C48H41NS. The summed E-state index contributed by atoms with van der Waals surface area (Å²) in [6, 6.07) is 57.3. The van der Waals surface area contributed by atoms with Crippen molar-refractivity contribution in [1.82, 2.24) is 0 Å². The molecule has 0 amide bonds. The number of fused-ring (bicyclic) bond motifs is 6. The summed E-state index contributed by atoms with van der Waals surface area (Å²) >= 11 is 1.87. The Balaban J connectivity index is 0.000000214. The van der Waals surface area contributed by atoms with Gasteiger partial charge in [-0.3, -0.25) is 0 Å². The van der Waals surface area contributed by atoms with Gasteiger partial charge in [-0.2, -0.15) is 0 Å². The van der Waals surface area contributed by atoms with Crippen LogP contribution in [0.1, 0.15) is 41.7 Å². The molecule has 7 aromatic carbocycles. The fourth-order valence-corrected chi connectivity index (χ4v) is 8.71. The summed E-state index contributed by atoms with van der Waals surface area (Å²) in [6.07, 6.45) is 0. The van der Waals surface area contributed by atoms with E-state index in [1.54, 1.807) is 0 Å². The van der Waals surface area contributed by atoms with Crippen molar-refractivity contribution in [1.29, 1.82) is 0 Å². The molecule has 8 aromatic rings. The highest BCUT2D eigenvalue weighted by Gasteiger charge is 2.35. The number of aryl methyl sites for hydroxylation is 3. The van der Waals surface area contributed by atoms with Gasteiger partial charge in [-0.05, 0) is 120 Å². The van der Waals surface area contributed by atoms with E-state index in [2.05, 4.69) is 197 Å². The zero-order valence-electron chi connectivity index (χ0n) is 29.4. The molecule has 0 atom stereocenters. The third-order valence-electron chi connectivity index (χ3n) is 10.3. The van der Waals surface area contributed by atoms with Gasteiger partial charge in [-0.25, -0.2) is 0 Å². The predicted molar refractivity (Wildman–Crippen MR) is 218 cm³/mol. The summed E-state index contributed by atoms with van der Waals surface area (Å²) in [7, 11) is 0. The standard InChI is InChI=1S/C35H31N.C13H10S/c1-24-12-8-9-15-29(24)31-22-27(19-18-25(31)2)36(26-13-6-5-7-14-26)28-20-21-34-32(23-28)30-16-10-11-17-33(30)35(34,3)4;1-9-6-7-13-11(8-9)10-4-2-3-5-12(10)14-13/h5-23H,1-4H3;2-8H,1H3. The molecule has 0 spiro atoms. The van der Waals surface area contributed by atoms with Crippen LogP contribution < -0.4 is 4.90 Å². The molecule has 9 rings (SSSR count). The first kappa shape index (κ1) is 31.8. The predicted octanol–water partition coefficient (Wildman–Crippen LogP) is 14.1. The molecule has 244 valence electrons. The van der Waals surface area contributed by atoms with Gasteiger partial charge in [0.05, 0.1) is 0 Å². The normalized spacial score (nSPS) is 12.7. The van der Waals surface area contributed by atoms with Crippen LogP contribution in [-0.4, -0.2) is 0 Å². The molecule has 0 radical (unpaired) electrons. The third-order valence-corrected chi connectivity index (χ3v) is 11.4. The quantitative estimate of drug-likeness (QED) is 0.181. The summed E-state index contributed by atoms with van der Waals surface area (Å²) in [5.41, 5.74) is 15.4. The maximum Gasteiger partial charge on any atom is 0.0468 e. The molecule has 2 heteroatoms. The van der Waals surface area contributed by atoms with Crippen molar-refractivity contribution in [3.63, 3.8) is 0 Å². The molecule has 50 heavy (non-hydrogen) atoms. The van der Waals surface area contributed by atoms with Gasteiger partial charge < -0.3 is 4.90 Å². The van der Waals surface area contributed by atoms with Crippen molar-refractivity contribution in [2.24, 2.45) is 0 Å². The molecule has 0 unspecified atom stereocenters. The lowest BCUT2D eigenvalue weighted by atomic mass is 9.82. The minimum atomic E-state index is 0.00387. The summed E-state index contributed by atoms with van der Waals surface area (Å²) in [5.74, 6) is 0. The third kappa shape index (κ3) is 5.60. The average molecular weight is 664 g/mol. The number of rotatable bonds is 4. The van der Waals surface area contributed by atoms with Crippen LogP contribution in [-0.2, 0) is 5.41 Å². The Morgan fingerprint density at radius 3 is 1.82 bits per heavy atom. The zero-order chi connectivity index (χ0) is 34.4. The van der Waals surface area contributed by atoms with E-state index >= 15 is 0 Å². The lowest BCUT2D eigenvalue weighted by molar-refractivity contribution is 0.660. The Labute approximate surface area is 300 Å². The van der Waals surface area contributed by atoms with Crippen LogP contribution in [0.25, 0.3) is 42.4 Å². The molecule has 0 aliphatic heterocycles. The maximum absolute atomic E-state index is 2.38. The lowest BCUT2D eigenvalue weighted by Gasteiger charge is -2.28. The molecule has 0 fully saturated rings. The molecule has 1 nitrogen and oxygen atoms in total. The Kier molecular flexibility index (Phi) is 8.13. The molecular weight excluding hydrogens is 623 g/mol. The van der Waals surface area contributed by atoms with Crippen molar-refractivity contribution in [2.45, 2.75) is 40.0 Å². The summed E-state index contributed by atoms with van der Waals surface area (Å²) in [5, 5.41) is 2.78. The van der Waals surface area contributed by atoms with Gasteiger partial charge >= 0.3 is 0 Å². The number of thiophene rings is 1. The lowest BCUT2D eigenvalue weighted by Crippen LogP contribution is -2.15. The van der Waals surface area contributed by atoms with Crippen LogP contribution in [0.5, 0.6) is 0 Å². The minimum Gasteiger partial charge on any atom is -0.310 e. The largest absolute Gasteiger partial charge is 0.310 e. The van der Waals surface area contributed by atoms with E-state index in [0.29, 0.717) is 0 Å². The number of benzene rings is 7. The molecule has 1 aromatic heterocycles. The highest BCUT2D eigenvalue weighted by atomic mass is 32.1. The average Bonchev–Trinajstić information content (AvgIpc) is 3.61. The second-order valence-corrected chi connectivity index (χ2v) is 15.1. The fourth-order valence-electron chi connectivity index (χ4n) is 7.63. The number of anilines is 3. The smallest absolute Gasteiger partial charge is 0.0468 e. The van der Waals surface area contributed by atoms with Crippen LogP contribution in [0.15, 0.2) is 158 Å². The van der Waals surface area contributed by atoms with Crippen LogP contribution in [0.2, 0.25) is 0 Å². The van der Waals surface area contributed by atoms with Crippen LogP contribution in [0, 0.1) is 20.8 Å². The van der Waals surface area contributed by atoms with Gasteiger partial charge in [-0.15, -0.1) is 11.3 Å². The van der Waals surface area contributed by atoms with Gasteiger partial charge in [0.1, 0.15) is 0 Å². The number of hydrogen-bond donors (Lipinski definition) is 0. The van der Waals surface area contributed by atoms with Crippen molar-refractivity contribution in [3.05, 3.63) is 186 Å². The van der Waals surface area contributed by atoms with E-state index in [4.69, 9.17) is 0 Å². The van der Waals surface area contributed by atoms with Crippen molar-refractivity contribution >= 4 is 48.6 Å². The minimum absolute atomic E-state index is 0.00387. The Morgan fingerprint density at radius 1 is 0.420 bits per heavy atom. The Bertz CT molecular complexity index is 2500. The molecule has 0 saturated heterocycles. The molecule has 0 bridgehead atoms. The van der Waals surface area contributed by atoms with Crippen LogP contribution >= 0.6 is 11.3 Å². The van der Waals surface area contributed by atoms with E-state index in [-0.39, 0.29) is 5.41 Å². The van der Waals surface area contributed by atoms with Crippen LogP contribution in [0.3, 0.4) is 0 Å². The number of nitrogens with zero attached hydrogens (tertiary/aromatic N) is 1. The fraction of sp³-hybridized carbons (Fsp3) is 0.125. The first-order valence-electron chi connectivity index (χ1n) is 17.4. The highest BCUT2D eigenvalue weighted by molar-refractivity contribution is 7.25. The van der Waals surface area contributed by atoms with E-state index in [1.807, 2.05) is 11.3 Å². The van der Waals surface area contributed by atoms with Gasteiger partial charge in [0.15, 0.2) is 0 Å². The molecule has 0 saturated carbocycles. The first-order chi connectivity index (χ1) is 24.3. The summed E-state index contributed by atoms with van der Waals surface area (Å²) in [4.78, 5) is 2.38. The van der Waals surface area contributed by atoms with Gasteiger partial charge in [0.25, 0.3) is 0 Å². The monoisotopic (exact) mass is 663 g/mol. The second-order valence-electron chi connectivity index (χ2n) is 14.0. The van der Waals surface area contributed by atoms with E-state index < -0.39 is 0 Å². The zero-order valence-corrected chi connectivity index (χ0v) is 30.2. The SMILES string of the molecule is Cc1ccc2sc3ccccc3c2c1.Cc1ccccc1-c1cc(N(c2ccccc2)c2ccc3c(c2)-c2ccccc2C3(C)C)ccc1C. The molecule has 1 heterocycles. The van der Waals surface area contributed by atoms with E-state index in [0.717, 1.165) is 11.4 Å². The Morgan fingerprint density at radius 2 is 1.02 bits per heavy atom. The van der Waals surface area contributed by atoms with Crippen molar-refractivity contribution in [3.8, 4) is 22.3 Å². The summed E-state index contributed by atoms with van der Waals surface area (Å²) in [6.45, 7) is 11.2. The van der Waals surface area contributed by atoms with Crippen LogP contribution in [0.4, 0.5) is 17.1 Å². The van der Waals surface area contributed by atoms with Gasteiger partial charge in [-0.1, -0.05) is 123 Å². The number of para-hydroxylation sites is 1. The second kappa shape index (κ2) is 12.8. The maximum atomic E-state index is 2.38. The molecule has 1 aliphatic carbocycles. The van der Waals surface area contributed by atoms with Gasteiger partial charge in [0.2, 0.25) is 0 Å². The van der Waals surface area contributed by atoms with Crippen molar-refractivity contribution in [2.75, 3.05) is 4.90 Å². The van der Waals surface area contributed by atoms with E-state index in [1.165, 1.54) is 75.9 Å². The van der Waals surface area contributed by atoms with Gasteiger partial charge in [0, 0.05) is 42.6 Å². The first-order valence-corrected chi connectivity index (χ1v) is 18.3. The summed E-state index contributed by atoms with van der Waals surface area (Å²) < 4.78 is 2.77. The van der Waals surface area contributed by atoms with Crippen molar-refractivity contribution < 1.29 is 0 Å². The molecule has 0 N–H and O–H groups in total. The van der Waals surface area contributed by atoms with E-state index in [9.17, 15) is 0 Å². The molecule has 1 aliphatic rings. The topological polar surface area (TPSA) is 3.24 Å². The number of hydrogen-bond acceptors (Lipinski definition) is 2.